The SMILES string of the molecule is CCCCOc1cc(C(=O)Nc2ccc(/C=C(\C#N)c3ccccc3)cc2)cc(C(=O)Nc2ccc(/C=C(\C#N)c3ccccc3)cc2)c1. The quantitative estimate of drug-likeness (QED) is 0.0799. The molecule has 0 bridgehead atoms. The van der Waals surface area contributed by atoms with Gasteiger partial charge in [0.05, 0.1) is 29.9 Å². The molecule has 240 valence electrons. The zero-order valence-corrected chi connectivity index (χ0v) is 27.0. The molecular formula is C42H34N4O3. The van der Waals surface area contributed by atoms with Crippen molar-refractivity contribution >= 4 is 46.5 Å². The Hall–Kier alpha value is -6.70. The van der Waals surface area contributed by atoms with Crippen molar-refractivity contribution in [2.24, 2.45) is 0 Å². The van der Waals surface area contributed by atoms with E-state index in [0.29, 0.717) is 34.9 Å². The smallest absolute Gasteiger partial charge is 0.255 e. The number of anilines is 2. The highest BCUT2D eigenvalue weighted by Crippen LogP contribution is 2.23. The molecule has 2 N–H and O–H groups in total. The van der Waals surface area contributed by atoms with Crippen LogP contribution in [0.1, 0.15) is 62.7 Å². The Kier molecular flexibility index (Phi) is 11.5. The Morgan fingerprint density at radius 2 is 1.04 bits per heavy atom. The molecule has 0 radical (unpaired) electrons. The van der Waals surface area contributed by atoms with Crippen molar-refractivity contribution in [3.8, 4) is 17.9 Å². The average molecular weight is 643 g/mol. The van der Waals surface area contributed by atoms with Gasteiger partial charge in [0.1, 0.15) is 5.75 Å². The lowest BCUT2D eigenvalue weighted by Crippen LogP contribution is -2.16. The summed E-state index contributed by atoms with van der Waals surface area (Å²) in [6.07, 6.45) is 5.35. The predicted molar refractivity (Wildman–Crippen MR) is 195 cm³/mol. The highest BCUT2D eigenvalue weighted by Gasteiger charge is 2.15. The fourth-order valence-corrected chi connectivity index (χ4v) is 4.94. The third-order valence-electron chi connectivity index (χ3n) is 7.57. The van der Waals surface area contributed by atoms with Gasteiger partial charge < -0.3 is 15.4 Å². The number of benzene rings is 5. The summed E-state index contributed by atoms with van der Waals surface area (Å²) < 4.78 is 5.90. The number of nitriles is 2. The van der Waals surface area contributed by atoms with Gasteiger partial charge in [-0.15, -0.1) is 0 Å². The summed E-state index contributed by atoms with van der Waals surface area (Å²) in [5.41, 5.74) is 6.00. The van der Waals surface area contributed by atoms with E-state index >= 15 is 0 Å². The number of allylic oxidation sites excluding steroid dienone is 2. The van der Waals surface area contributed by atoms with Crippen LogP contribution in [-0.2, 0) is 0 Å². The Morgan fingerprint density at radius 1 is 0.612 bits per heavy atom. The summed E-state index contributed by atoms with van der Waals surface area (Å²) in [6.45, 7) is 2.51. The van der Waals surface area contributed by atoms with E-state index in [2.05, 4.69) is 29.7 Å². The van der Waals surface area contributed by atoms with Crippen molar-refractivity contribution in [2.75, 3.05) is 17.2 Å². The number of carbonyl (C=O) groups is 2. The van der Waals surface area contributed by atoms with E-state index in [1.54, 1.807) is 48.6 Å². The highest BCUT2D eigenvalue weighted by atomic mass is 16.5. The first-order chi connectivity index (χ1) is 23.9. The minimum Gasteiger partial charge on any atom is -0.494 e. The maximum Gasteiger partial charge on any atom is 0.255 e. The standard InChI is InChI=1S/C42H34N4O3/c1-2-3-22-49-40-26-34(41(47)45-38-18-14-30(15-19-38)23-36(28-43)32-10-6-4-7-11-32)25-35(27-40)42(48)46-39-20-16-31(17-21-39)24-37(29-44)33-12-8-5-9-13-33/h4-21,23-27H,2-3,22H2,1H3,(H,45,47)(H,46,48)/b36-23+,37-24+. The number of hydrogen-bond acceptors (Lipinski definition) is 5. The summed E-state index contributed by atoms with van der Waals surface area (Å²) in [6, 6.07) is 42.4. The van der Waals surface area contributed by atoms with Gasteiger partial charge in [-0.2, -0.15) is 10.5 Å². The first kappa shape index (κ1) is 33.7. The van der Waals surface area contributed by atoms with Crippen LogP contribution in [0.3, 0.4) is 0 Å². The van der Waals surface area contributed by atoms with E-state index in [-0.39, 0.29) is 11.1 Å². The van der Waals surface area contributed by atoms with Crippen LogP contribution in [0.4, 0.5) is 11.4 Å². The lowest BCUT2D eigenvalue weighted by Gasteiger charge is -2.12. The average Bonchev–Trinajstić information content (AvgIpc) is 3.15. The predicted octanol–water partition coefficient (Wildman–Crippen LogP) is 9.50. The van der Waals surface area contributed by atoms with E-state index in [1.807, 2.05) is 84.9 Å². The van der Waals surface area contributed by atoms with Gasteiger partial charge >= 0.3 is 0 Å². The molecule has 5 aromatic rings. The van der Waals surface area contributed by atoms with E-state index in [1.165, 1.54) is 6.07 Å². The number of rotatable bonds is 12. The van der Waals surface area contributed by atoms with E-state index in [0.717, 1.165) is 35.1 Å². The van der Waals surface area contributed by atoms with Crippen LogP contribution in [0.25, 0.3) is 23.3 Å². The molecule has 2 amide bonds. The lowest BCUT2D eigenvalue weighted by molar-refractivity contribution is 0.102. The summed E-state index contributed by atoms with van der Waals surface area (Å²) in [5, 5.41) is 25.1. The number of unbranched alkanes of at least 4 members (excludes halogenated alkanes) is 1. The molecule has 0 atom stereocenters. The first-order valence-corrected chi connectivity index (χ1v) is 15.9. The van der Waals surface area contributed by atoms with Crippen molar-refractivity contribution < 1.29 is 14.3 Å². The molecule has 0 aliphatic carbocycles. The fourth-order valence-electron chi connectivity index (χ4n) is 4.94. The molecular weight excluding hydrogens is 608 g/mol. The summed E-state index contributed by atoms with van der Waals surface area (Å²) in [7, 11) is 0. The van der Waals surface area contributed by atoms with Crippen molar-refractivity contribution in [2.45, 2.75) is 19.8 Å². The minimum atomic E-state index is -0.400. The normalized spacial score (nSPS) is 11.2. The molecule has 0 unspecified atom stereocenters. The van der Waals surface area contributed by atoms with Crippen LogP contribution in [0.2, 0.25) is 0 Å². The number of amides is 2. The van der Waals surface area contributed by atoms with Crippen molar-refractivity contribution in [1.82, 2.24) is 0 Å². The molecule has 0 heterocycles. The molecule has 0 aromatic heterocycles. The van der Waals surface area contributed by atoms with Gasteiger partial charge in [0.15, 0.2) is 0 Å². The Labute approximate surface area is 286 Å². The number of nitrogens with one attached hydrogen (secondary N) is 2. The van der Waals surface area contributed by atoms with Gasteiger partial charge in [-0.25, -0.2) is 0 Å². The third kappa shape index (κ3) is 9.42. The van der Waals surface area contributed by atoms with E-state index < -0.39 is 11.8 Å². The minimum absolute atomic E-state index is 0.268. The van der Waals surface area contributed by atoms with Gasteiger partial charge in [0, 0.05) is 22.5 Å². The lowest BCUT2D eigenvalue weighted by atomic mass is 10.0. The van der Waals surface area contributed by atoms with Crippen LogP contribution >= 0.6 is 0 Å². The largest absolute Gasteiger partial charge is 0.494 e. The van der Waals surface area contributed by atoms with Gasteiger partial charge in [-0.1, -0.05) is 98.3 Å². The van der Waals surface area contributed by atoms with E-state index in [4.69, 9.17) is 4.74 Å². The molecule has 7 nitrogen and oxygen atoms in total. The van der Waals surface area contributed by atoms with Crippen molar-refractivity contribution in [3.05, 3.63) is 161 Å². The second-order valence-electron chi connectivity index (χ2n) is 11.2. The summed E-state index contributed by atoms with van der Waals surface area (Å²) in [5.74, 6) is -0.381. The van der Waals surface area contributed by atoms with Crippen LogP contribution in [0.15, 0.2) is 127 Å². The number of carbonyl (C=O) groups excluding carboxylic acids is 2. The van der Waals surface area contributed by atoms with Gasteiger partial charge in [-0.3, -0.25) is 9.59 Å². The topological polar surface area (TPSA) is 115 Å². The molecule has 0 saturated heterocycles. The molecule has 5 aromatic carbocycles. The van der Waals surface area contributed by atoms with Crippen LogP contribution in [0, 0.1) is 22.7 Å². The molecule has 7 heteroatoms. The van der Waals surface area contributed by atoms with Crippen molar-refractivity contribution in [3.63, 3.8) is 0 Å². The second kappa shape index (κ2) is 16.7. The third-order valence-corrected chi connectivity index (χ3v) is 7.57. The first-order valence-electron chi connectivity index (χ1n) is 15.9. The van der Waals surface area contributed by atoms with Crippen LogP contribution in [-0.4, -0.2) is 18.4 Å². The maximum atomic E-state index is 13.4. The number of nitrogens with zero attached hydrogens (tertiary/aromatic N) is 2. The zero-order valence-electron chi connectivity index (χ0n) is 27.0. The van der Waals surface area contributed by atoms with Crippen LogP contribution < -0.4 is 15.4 Å². The molecule has 0 spiro atoms. The molecule has 5 rings (SSSR count). The van der Waals surface area contributed by atoms with Gasteiger partial charge in [0.2, 0.25) is 0 Å². The monoisotopic (exact) mass is 642 g/mol. The number of hydrogen-bond donors (Lipinski definition) is 2. The molecule has 0 aliphatic heterocycles. The summed E-state index contributed by atoms with van der Waals surface area (Å²) in [4.78, 5) is 26.8. The second-order valence-corrected chi connectivity index (χ2v) is 11.2. The highest BCUT2D eigenvalue weighted by molar-refractivity contribution is 6.09. The van der Waals surface area contributed by atoms with E-state index in [9.17, 15) is 20.1 Å². The molecule has 0 fully saturated rings. The Balaban J connectivity index is 1.31. The molecule has 49 heavy (non-hydrogen) atoms. The zero-order chi connectivity index (χ0) is 34.4. The van der Waals surface area contributed by atoms with Crippen molar-refractivity contribution in [1.29, 1.82) is 10.5 Å². The molecule has 0 saturated carbocycles. The Bertz CT molecular complexity index is 1910. The van der Waals surface area contributed by atoms with Crippen LogP contribution in [0.5, 0.6) is 5.75 Å². The maximum absolute atomic E-state index is 13.4. The molecule has 0 aliphatic rings. The fraction of sp³-hybridized carbons (Fsp3) is 0.0952. The number of ether oxygens (including phenoxy) is 1. The Morgan fingerprint density at radius 3 is 1.43 bits per heavy atom. The summed E-state index contributed by atoms with van der Waals surface area (Å²) >= 11 is 0. The van der Waals surface area contributed by atoms with Gasteiger partial charge in [-0.05, 0) is 83.3 Å². The van der Waals surface area contributed by atoms with Gasteiger partial charge in [0.25, 0.3) is 11.8 Å².